The summed E-state index contributed by atoms with van der Waals surface area (Å²) in [6.07, 6.45) is 10.7. The van der Waals surface area contributed by atoms with Crippen molar-refractivity contribution in [2.75, 3.05) is 32.6 Å². The van der Waals surface area contributed by atoms with Crippen LogP contribution in [0.5, 0.6) is 0 Å². The molecule has 4 aromatic rings. The smallest absolute Gasteiger partial charge is 0.407 e. The molecule has 0 spiro atoms. The van der Waals surface area contributed by atoms with Crippen LogP contribution in [-0.2, 0) is 23.9 Å². The van der Waals surface area contributed by atoms with E-state index in [-0.39, 0.29) is 35.6 Å². The number of methoxy groups -OCH3 is 2. The molecule has 4 N–H and O–H groups in total. The Morgan fingerprint density at radius 2 is 1.10 bits per heavy atom. The van der Waals surface area contributed by atoms with Crippen LogP contribution in [0.1, 0.15) is 150 Å². The fourth-order valence-electron chi connectivity index (χ4n) is 13.0. The molecule has 14 heteroatoms. The monoisotopic (exact) mass is 923 g/mol. The third-order valence-corrected chi connectivity index (χ3v) is 16.2. The second kappa shape index (κ2) is 18.4. The maximum Gasteiger partial charge on any atom is 0.407 e. The van der Waals surface area contributed by atoms with Gasteiger partial charge >= 0.3 is 12.2 Å². The van der Waals surface area contributed by atoms with E-state index in [1.54, 1.807) is 4.90 Å². The third-order valence-electron chi connectivity index (χ3n) is 16.2. The molecule has 358 valence electrons. The quantitative estimate of drug-likeness (QED) is 0.109. The molecule has 3 aromatic carbocycles. The second-order valence-electron chi connectivity index (χ2n) is 20.7. The predicted octanol–water partition coefficient (Wildman–Crippen LogP) is 9.49. The normalized spacial score (nSPS) is 24.0. The minimum atomic E-state index is -0.789. The number of hydrogen-bond donors (Lipinski definition) is 4. The van der Waals surface area contributed by atoms with Crippen molar-refractivity contribution in [2.45, 2.75) is 140 Å². The van der Waals surface area contributed by atoms with Gasteiger partial charge in [0, 0.05) is 24.3 Å². The molecule has 8 atom stereocenters. The van der Waals surface area contributed by atoms with E-state index in [1.807, 2.05) is 50.9 Å². The van der Waals surface area contributed by atoms with Gasteiger partial charge in [-0.15, -0.1) is 0 Å². The Balaban J connectivity index is 0.906. The molecule has 10 rings (SSSR count). The molecule has 5 amide bonds. The van der Waals surface area contributed by atoms with Crippen molar-refractivity contribution in [1.82, 2.24) is 30.4 Å². The van der Waals surface area contributed by atoms with Crippen molar-refractivity contribution >= 4 is 35.6 Å². The van der Waals surface area contributed by atoms with Crippen molar-refractivity contribution in [3.63, 3.8) is 0 Å². The molecule has 14 nitrogen and oxygen atoms in total. The summed E-state index contributed by atoms with van der Waals surface area (Å²) in [7, 11) is 2.58. The average Bonchev–Trinajstić information content (AvgIpc) is 4.22. The van der Waals surface area contributed by atoms with E-state index in [1.165, 1.54) is 97.3 Å². The van der Waals surface area contributed by atoms with Gasteiger partial charge in [0.05, 0.1) is 32.2 Å². The van der Waals surface area contributed by atoms with Crippen LogP contribution < -0.4 is 16.0 Å². The topological polar surface area (TPSA) is 175 Å². The Bertz CT molecular complexity index is 2640. The number of rotatable bonds is 12. The number of H-pyrrole nitrogens is 1. The number of aromatic amines is 1. The maximum atomic E-state index is 13.9. The van der Waals surface area contributed by atoms with Crippen molar-refractivity contribution in [1.29, 1.82) is 0 Å². The van der Waals surface area contributed by atoms with Crippen molar-refractivity contribution in [3.05, 3.63) is 82.8 Å². The van der Waals surface area contributed by atoms with Gasteiger partial charge in [-0.2, -0.15) is 0 Å². The number of nitrogens with zero attached hydrogens (tertiary/aromatic N) is 3. The molecule has 1 aromatic heterocycles. The van der Waals surface area contributed by atoms with Crippen LogP contribution in [-0.4, -0.2) is 95.1 Å². The lowest BCUT2D eigenvalue weighted by atomic mass is 9.77. The van der Waals surface area contributed by atoms with Crippen LogP contribution in [0.25, 0.3) is 33.5 Å². The number of carbonyl (C=O) groups is 5. The Morgan fingerprint density at radius 1 is 0.618 bits per heavy atom. The predicted molar refractivity (Wildman–Crippen MR) is 259 cm³/mol. The second-order valence-corrected chi connectivity index (χ2v) is 20.7. The SMILES string of the molecule is COC(=O)N[C@H](C(=O)N1CCC[C@H]1C(=O)Nc1ccc(-c2ccc(-c3ccc(-c4cnc([C@@H]5CCCN5C(=O)[C@@H](NC(=O)OC)C(C)C)[nH]4)c4c3C3CCC4C3)c3c2C2CCC3C2)cc1)C(C)C. The third kappa shape index (κ3) is 8.00. The van der Waals surface area contributed by atoms with Crippen molar-refractivity contribution in [3.8, 4) is 33.5 Å². The molecule has 6 aliphatic rings. The van der Waals surface area contributed by atoms with E-state index in [2.05, 4.69) is 57.3 Å². The molecule has 4 unspecified atom stereocenters. The van der Waals surface area contributed by atoms with Gasteiger partial charge < -0.3 is 40.2 Å². The molecule has 4 bridgehead atoms. The first-order chi connectivity index (χ1) is 32.8. The number of nitrogens with one attached hydrogen (secondary N) is 4. The molecule has 2 saturated heterocycles. The summed E-state index contributed by atoms with van der Waals surface area (Å²) in [5, 5.41) is 8.50. The van der Waals surface area contributed by atoms with Crippen molar-refractivity contribution < 1.29 is 33.4 Å². The van der Waals surface area contributed by atoms with E-state index >= 15 is 0 Å². The minimum Gasteiger partial charge on any atom is -0.453 e. The highest BCUT2D eigenvalue weighted by Crippen LogP contribution is 2.62. The largest absolute Gasteiger partial charge is 0.453 e. The van der Waals surface area contributed by atoms with Crippen LogP contribution in [0.15, 0.2) is 54.7 Å². The van der Waals surface area contributed by atoms with Gasteiger partial charge in [-0.05, 0) is 156 Å². The fraction of sp³-hybridized carbons (Fsp3) is 0.519. The lowest BCUT2D eigenvalue weighted by Crippen LogP contribution is -2.54. The summed E-state index contributed by atoms with van der Waals surface area (Å²) < 4.78 is 9.61. The Hall–Kier alpha value is -6.18. The van der Waals surface area contributed by atoms with Crippen LogP contribution in [0.4, 0.5) is 15.3 Å². The van der Waals surface area contributed by atoms with Gasteiger partial charge in [-0.25, -0.2) is 14.6 Å². The number of amides is 5. The molecular weight excluding hydrogens is 859 g/mol. The first-order valence-electron chi connectivity index (χ1n) is 24.9. The lowest BCUT2D eigenvalue weighted by Gasteiger charge is -2.30. The number of anilines is 1. The summed E-state index contributed by atoms with van der Waals surface area (Å²) in [4.78, 5) is 77.5. The Kier molecular flexibility index (Phi) is 12.3. The van der Waals surface area contributed by atoms with E-state index in [4.69, 9.17) is 14.5 Å². The van der Waals surface area contributed by atoms with Gasteiger partial charge in [0.25, 0.3) is 0 Å². The number of imidazole rings is 1. The van der Waals surface area contributed by atoms with Crippen LogP contribution in [0.3, 0.4) is 0 Å². The highest BCUT2D eigenvalue weighted by atomic mass is 16.5. The maximum absolute atomic E-state index is 13.9. The van der Waals surface area contributed by atoms with Crippen molar-refractivity contribution in [2.24, 2.45) is 11.8 Å². The molecular formula is C54H65N7O7. The Labute approximate surface area is 398 Å². The highest BCUT2D eigenvalue weighted by Gasteiger charge is 2.45. The first kappa shape index (κ1) is 45.6. The van der Waals surface area contributed by atoms with E-state index < -0.39 is 30.3 Å². The lowest BCUT2D eigenvalue weighted by molar-refractivity contribution is -0.139. The molecule has 2 aliphatic heterocycles. The van der Waals surface area contributed by atoms with Gasteiger partial charge in [-0.3, -0.25) is 14.4 Å². The number of fused-ring (bicyclic) bond motifs is 10. The number of ether oxygens (including phenoxy) is 2. The van der Waals surface area contributed by atoms with E-state index in [9.17, 15) is 24.0 Å². The van der Waals surface area contributed by atoms with E-state index in [0.29, 0.717) is 55.3 Å². The number of aromatic nitrogens is 2. The van der Waals surface area contributed by atoms with Gasteiger partial charge in [-0.1, -0.05) is 64.1 Å². The molecule has 0 radical (unpaired) electrons. The summed E-state index contributed by atoms with van der Waals surface area (Å²) in [6.45, 7) is 8.65. The number of hydrogen-bond acceptors (Lipinski definition) is 8. The standard InChI is InChI=1S/C54H65N7O7/c1-28(2)47(58-53(65)67-5)51(63)60-23-7-9-41(60)49-55-27-40(57-49)39-22-21-38(45-33-13-14-34(26-33)46(39)45)37-20-19-36(43-31-11-12-32(25-31)44(37)43)30-15-17-35(18-16-30)56-50(62)42-10-8-24-61(42)52(64)48(29(3)4)59-54(66)68-6/h15-22,27-29,31-34,41-42,47-48H,7-14,23-26H2,1-6H3,(H,55,57)(H,56,62)(H,58,65)(H,59,66)/t31?,32?,33?,34?,41-,42-,47-,48-/m0/s1. The zero-order valence-corrected chi connectivity index (χ0v) is 40.2. The van der Waals surface area contributed by atoms with Crippen LogP contribution >= 0.6 is 0 Å². The van der Waals surface area contributed by atoms with Crippen LogP contribution in [0.2, 0.25) is 0 Å². The molecule has 3 heterocycles. The highest BCUT2D eigenvalue weighted by molar-refractivity contribution is 5.99. The van der Waals surface area contributed by atoms with Gasteiger partial charge in [0.2, 0.25) is 17.7 Å². The zero-order valence-electron chi connectivity index (χ0n) is 40.2. The summed E-state index contributed by atoms with van der Waals surface area (Å²) in [5.74, 6) is 1.93. The average molecular weight is 924 g/mol. The van der Waals surface area contributed by atoms with Gasteiger partial charge in [0.1, 0.15) is 23.9 Å². The molecule has 2 saturated carbocycles. The summed E-state index contributed by atoms with van der Waals surface area (Å²) >= 11 is 0. The molecule has 68 heavy (non-hydrogen) atoms. The summed E-state index contributed by atoms with van der Waals surface area (Å²) in [5.41, 5.74) is 14.0. The minimum absolute atomic E-state index is 0.105. The summed E-state index contributed by atoms with van der Waals surface area (Å²) in [6, 6.07) is 15.2. The number of alkyl carbamates (subject to hydrolysis) is 2. The number of carbonyl (C=O) groups excluding carboxylic acids is 5. The van der Waals surface area contributed by atoms with E-state index in [0.717, 1.165) is 29.9 Å². The Morgan fingerprint density at radius 3 is 1.66 bits per heavy atom. The molecule has 4 aliphatic carbocycles. The zero-order chi connectivity index (χ0) is 47.5. The number of likely N-dealkylation sites (tertiary alicyclic amines) is 2. The first-order valence-corrected chi connectivity index (χ1v) is 24.9. The van der Waals surface area contributed by atoms with Gasteiger partial charge in [0.15, 0.2) is 0 Å². The fourth-order valence-corrected chi connectivity index (χ4v) is 13.0. The number of benzene rings is 3. The van der Waals surface area contributed by atoms with Crippen LogP contribution in [0, 0.1) is 11.8 Å². The molecule has 4 fully saturated rings.